The summed E-state index contributed by atoms with van der Waals surface area (Å²) in [4.78, 5) is 25.8. The lowest BCUT2D eigenvalue weighted by Gasteiger charge is -2.16. The first-order valence-corrected chi connectivity index (χ1v) is 6.88. The second-order valence-electron chi connectivity index (χ2n) is 4.50. The van der Waals surface area contributed by atoms with Crippen molar-refractivity contribution in [1.82, 2.24) is 10.3 Å². The monoisotopic (exact) mass is 267 g/mol. The van der Waals surface area contributed by atoms with Gasteiger partial charge in [-0.25, -0.2) is 5.84 Å². The van der Waals surface area contributed by atoms with Gasteiger partial charge in [0.05, 0.1) is 4.88 Å². The molecule has 0 radical (unpaired) electrons. The molecule has 18 heavy (non-hydrogen) atoms. The van der Waals surface area contributed by atoms with Gasteiger partial charge in [-0.2, -0.15) is 0 Å². The number of carbonyl (C=O) groups excluding carboxylic acids is 2. The molecular weight excluding hydrogens is 250 g/mol. The molecule has 6 heteroatoms. The van der Waals surface area contributed by atoms with Crippen molar-refractivity contribution in [3.8, 4) is 0 Å². The summed E-state index contributed by atoms with van der Waals surface area (Å²) in [5.41, 5.74) is 3.00. The van der Waals surface area contributed by atoms with Crippen LogP contribution in [0.4, 0.5) is 0 Å². The number of rotatable bonds is 4. The number of hydrogen-bond acceptors (Lipinski definition) is 4. The van der Waals surface area contributed by atoms with E-state index in [1.165, 1.54) is 11.3 Å². The summed E-state index contributed by atoms with van der Waals surface area (Å²) in [6.07, 6.45) is 1.64. The maximum atomic E-state index is 11.8. The molecule has 0 aliphatic carbocycles. The number of hydrogen-bond donors (Lipinski definition) is 2. The summed E-state index contributed by atoms with van der Waals surface area (Å²) in [7, 11) is 0. The van der Waals surface area contributed by atoms with Crippen molar-refractivity contribution in [3.05, 3.63) is 21.9 Å². The Morgan fingerprint density at radius 2 is 2.44 bits per heavy atom. The van der Waals surface area contributed by atoms with Crippen LogP contribution < -0.4 is 11.3 Å². The molecule has 1 saturated heterocycles. The molecule has 1 aliphatic rings. The second kappa shape index (κ2) is 5.49. The normalized spacial score (nSPS) is 19.3. The fourth-order valence-corrected chi connectivity index (χ4v) is 3.03. The summed E-state index contributed by atoms with van der Waals surface area (Å²) in [6, 6.07) is 1.88. The van der Waals surface area contributed by atoms with Crippen LogP contribution in [-0.2, 0) is 11.3 Å². The maximum Gasteiger partial charge on any atom is 0.275 e. The van der Waals surface area contributed by atoms with Crippen LogP contribution in [0, 0.1) is 5.92 Å². The Hall–Kier alpha value is -1.40. The highest BCUT2D eigenvalue weighted by Gasteiger charge is 2.29. The molecule has 3 N–H and O–H groups in total. The van der Waals surface area contributed by atoms with Crippen LogP contribution in [0.2, 0.25) is 0 Å². The number of nitrogens with zero attached hydrogens (tertiary/aromatic N) is 1. The Balaban J connectivity index is 2.08. The third-order valence-corrected chi connectivity index (χ3v) is 4.27. The molecule has 1 atom stereocenters. The van der Waals surface area contributed by atoms with Crippen molar-refractivity contribution in [1.29, 1.82) is 0 Å². The van der Waals surface area contributed by atoms with Crippen LogP contribution in [0.3, 0.4) is 0 Å². The van der Waals surface area contributed by atoms with E-state index in [-0.39, 0.29) is 11.8 Å². The average molecular weight is 267 g/mol. The first-order valence-electron chi connectivity index (χ1n) is 6.00. The van der Waals surface area contributed by atoms with Gasteiger partial charge in [0.1, 0.15) is 0 Å². The molecule has 2 heterocycles. The van der Waals surface area contributed by atoms with Gasteiger partial charge in [0.15, 0.2) is 0 Å². The number of carbonyl (C=O) groups is 2. The Morgan fingerprint density at radius 1 is 1.67 bits per heavy atom. The van der Waals surface area contributed by atoms with Crippen LogP contribution >= 0.6 is 11.3 Å². The average Bonchev–Trinajstić information content (AvgIpc) is 2.96. The molecule has 1 fully saturated rings. The van der Waals surface area contributed by atoms with Gasteiger partial charge >= 0.3 is 0 Å². The topological polar surface area (TPSA) is 75.4 Å². The molecule has 1 aliphatic heterocycles. The van der Waals surface area contributed by atoms with Crippen molar-refractivity contribution >= 4 is 23.2 Å². The van der Waals surface area contributed by atoms with E-state index in [1.807, 2.05) is 16.3 Å². The SMILES string of the molecule is CCC1CC(=O)N(Cc2ccsc2C(=O)NN)C1. The molecule has 0 bridgehead atoms. The van der Waals surface area contributed by atoms with Gasteiger partial charge in [-0.3, -0.25) is 15.0 Å². The van der Waals surface area contributed by atoms with Gasteiger partial charge in [0, 0.05) is 19.5 Å². The summed E-state index contributed by atoms with van der Waals surface area (Å²) >= 11 is 1.34. The van der Waals surface area contributed by atoms with E-state index in [2.05, 4.69) is 12.3 Å². The smallest absolute Gasteiger partial charge is 0.275 e. The van der Waals surface area contributed by atoms with Crippen molar-refractivity contribution in [3.63, 3.8) is 0 Å². The third-order valence-electron chi connectivity index (χ3n) is 3.32. The van der Waals surface area contributed by atoms with Gasteiger partial charge in [0.2, 0.25) is 5.91 Å². The molecule has 5 nitrogen and oxygen atoms in total. The molecule has 1 aromatic rings. The van der Waals surface area contributed by atoms with Gasteiger partial charge in [-0.05, 0) is 22.9 Å². The zero-order valence-electron chi connectivity index (χ0n) is 10.3. The van der Waals surface area contributed by atoms with Crippen molar-refractivity contribution in [2.24, 2.45) is 11.8 Å². The highest BCUT2D eigenvalue weighted by molar-refractivity contribution is 7.12. The molecule has 2 amide bonds. The zero-order chi connectivity index (χ0) is 13.1. The van der Waals surface area contributed by atoms with Gasteiger partial charge < -0.3 is 4.90 Å². The van der Waals surface area contributed by atoms with E-state index in [1.54, 1.807) is 0 Å². The molecule has 2 rings (SSSR count). The predicted molar refractivity (Wildman–Crippen MR) is 69.8 cm³/mol. The number of nitrogens with one attached hydrogen (secondary N) is 1. The lowest BCUT2D eigenvalue weighted by Crippen LogP contribution is -2.31. The summed E-state index contributed by atoms with van der Waals surface area (Å²) < 4.78 is 0. The summed E-state index contributed by atoms with van der Waals surface area (Å²) in [5.74, 6) is 5.47. The molecule has 1 unspecified atom stereocenters. The minimum Gasteiger partial charge on any atom is -0.338 e. The van der Waals surface area contributed by atoms with E-state index in [0.29, 0.717) is 23.8 Å². The fraction of sp³-hybridized carbons (Fsp3) is 0.500. The largest absolute Gasteiger partial charge is 0.338 e. The highest BCUT2D eigenvalue weighted by atomic mass is 32.1. The van der Waals surface area contributed by atoms with E-state index in [0.717, 1.165) is 18.5 Å². The van der Waals surface area contributed by atoms with Crippen LogP contribution in [0.25, 0.3) is 0 Å². The first kappa shape index (κ1) is 13.0. The maximum absolute atomic E-state index is 11.8. The fourth-order valence-electron chi connectivity index (χ4n) is 2.21. The number of likely N-dealkylation sites (tertiary alicyclic amines) is 1. The first-order chi connectivity index (χ1) is 8.65. The van der Waals surface area contributed by atoms with Crippen molar-refractivity contribution in [2.75, 3.05) is 6.54 Å². The minimum atomic E-state index is -0.293. The minimum absolute atomic E-state index is 0.173. The molecule has 0 spiro atoms. The van der Waals surface area contributed by atoms with Crippen LogP contribution in [-0.4, -0.2) is 23.3 Å². The number of nitrogens with two attached hydrogens (primary N) is 1. The van der Waals surface area contributed by atoms with Crippen molar-refractivity contribution < 1.29 is 9.59 Å². The van der Waals surface area contributed by atoms with Crippen LogP contribution in [0.5, 0.6) is 0 Å². The number of thiophene rings is 1. The Bertz CT molecular complexity index is 458. The van der Waals surface area contributed by atoms with E-state index >= 15 is 0 Å². The van der Waals surface area contributed by atoms with Gasteiger partial charge in [0.25, 0.3) is 5.91 Å². The van der Waals surface area contributed by atoms with E-state index < -0.39 is 0 Å². The van der Waals surface area contributed by atoms with E-state index in [9.17, 15) is 9.59 Å². The Kier molecular flexibility index (Phi) is 3.98. The molecular formula is C12H17N3O2S. The Labute approximate surface area is 110 Å². The molecule has 0 aromatic carbocycles. The van der Waals surface area contributed by atoms with Crippen LogP contribution in [0.1, 0.15) is 35.0 Å². The standard InChI is InChI=1S/C12H17N3O2S/c1-2-8-5-10(16)15(6-8)7-9-3-4-18-11(9)12(17)14-13/h3-4,8H,2,5-7,13H2,1H3,(H,14,17). The molecule has 98 valence electrons. The van der Waals surface area contributed by atoms with E-state index in [4.69, 9.17) is 5.84 Å². The van der Waals surface area contributed by atoms with Crippen molar-refractivity contribution in [2.45, 2.75) is 26.3 Å². The quantitative estimate of drug-likeness (QED) is 0.487. The summed E-state index contributed by atoms with van der Waals surface area (Å²) in [5, 5.41) is 1.84. The third kappa shape index (κ3) is 2.54. The predicted octanol–water partition coefficient (Wildman–Crippen LogP) is 1.11. The number of hydrazine groups is 1. The highest BCUT2D eigenvalue weighted by Crippen LogP contribution is 2.25. The zero-order valence-corrected chi connectivity index (χ0v) is 11.1. The lowest BCUT2D eigenvalue weighted by atomic mass is 10.1. The second-order valence-corrected chi connectivity index (χ2v) is 5.42. The number of nitrogen functional groups attached to an aromatic ring is 1. The summed E-state index contributed by atoms with van der Waals surface area (Å²) in [6.45, 7) is 3.38. The number of amides is 2. The molecule has 1 aromatic heterocycles. The van der Waals surface area contributed by atoms with Crippen LogP contribution in [0.15, 0.2) is 11.4 Å². The lowest BCUT2D eigenvalue weighted by molar-refractivity contribution is -0.128. The molecule has 0 saturated carbocycles. The van der Waals surface area contributed by atoms with Gasteiger partial charge in [-0.15, -0.1) is 11.3 Å². The Morgan fingerprint density at radius 3 is 3.06 bits per heavy atom. The van der Waals surface area contributed by atoms with Gasteiger partial charge in [-0.1, -0.05) is 13.3 Å².